The molecule has 8 nitrogen and oxygen atoms in total. The summed E-state index contributed by atoms with van der Waals surface area (Å²) in [5.41, 5.74) is 8.11. The molecule has 1 heterocycles. The van der Waals surface area contributed by atoms with Gasteiger partial charge in [-0.2, -0.15) is 0 Å². The zero-order valence-corrected chi connectivity index (χ0v) is 19.3. The number of carbonyl (C=O) groups excluding carboxylic acids is 2. The van der Waals surface area contributed by atoms with Crippen LogP contribution in [0.25, 0.3) is 0 Å². The lowest BCUT2D eigenvalue weighted by Crippen LogP contribution is -2.44. The Hall–Kier alpha value is -2.97. The monoisotopic (exact) mass is 460 g/mol. The molecule has 0 aliphatic carbocycles. The van der Waals surface area contributed by atoms with Crippen molar-refractivity contribution in [3.8, 4) is 11.5 Å². The number of nitrogens with two attached hydrogens (primary N) is 1. The third kappa shape index (κ3) is 5.83. The topological polar surface area (TPSA) is 106 Å². The van der Waals surface area contributed by atoms with E-state index in [2.05, 4.69) is 15.5 Å². The van der Waals surface area contributed by atoms with E-state index in [1.807, 2.05) is 18.2 Å². The van der Waals surface area contributed by atoms with Crippen molar-refractivity contribution in [1.29, 1.82) is 0 Å². The van der Waals surface area contributed by atoms with Gasteiger partial charge in [-0.1, -0.05) is 11.6 Å². The van der Waals surface area contributed by atoms with Crippen LogP contribution in [-0.4, -0.2) is 50.1 Å². The number of nitrogens with zero attached hydrogens (tertiary/aromatic N) is 1. The Kier molecular flexibility index (Phi) is 7.82. The van der Waals surface area contributed by atoms with Gasteiger partial charge in [-0.05, 0) is 37.1 Å². The van der Waals surface area contributed by atoms with Crippen LogP contribution in [0.3, 0.4) is 0 Å². The molecule has 0 radical (unpaired) electrons. The minimum atomic E-state index is -0.252. The highest BCUT2D eigenvalue weighted by atomic mass is 35.5. The van der Waals surface area contributed by atoms with Gasteiger partial charge in [0.05, 0.1) is 31.2 Å². The molecule has 1 fully saturated rings. The molecule has 0 saturated carbocycles. The first-order valence-electron chi connectivity index (χ1n) is 10.4. The average molecular weight is 461 g/mol. The Morgan fingerprint density at radius 1 is 1.12 bits per heavy atom. The van der Waals surface area contributed by atoms with Gasteiger partial charge in [-0.25, -0.2) is 0 Å². The zero-order chi connectivity index (χ0) is 23.3. The van der Waals surface area contributed by atoms with Crippen LogP contribution in [0, 0.1) is 0 Å². The average Bonchev–Trinajstić information content (AvgIpc) is 2.76. The van der Waals surface area contributed by atoms with E-state index in [0.29, 0.717) is 27.7 Å². The molecule has 3 rings (SSSR count). The molecule has 4 N–H and O–H groups in total. The van der Waals surface area contributed by atoms with Crippen molar-refractivity contribution < 1.29 is 19.1 Å². The van der Waals surface area contributed by atoms with Crippen LogP contribution < -0.4 is 25.8 Å². The van der Waals surface area contributed by atoms with Crippen LogP contribution in [-0.2, 0) is 11.3 Å². The third-order valence-electron chi connectivity index (χ3n) is 5.49. The summed E-state index contributed by atoms with van der Waals surface area (Å²) < 4.78 is 10.8. The molecule has 2 aromatic rings. The lowest BCUT2D eigenvalue weighted by Gasteiger charge is -2.32. The minimum Gasteiger partial charge on any atom is -0.496 e. The van der Waals surface area contributed by atoms with Crippen molar-refractivity contribution in [3.05, 3.63) is 46.5 Å². The number of anilines is 2. The second kappa shape index (κ2) is 10.6. The number of nitrogens with one attached hydrogen (secondary N) is 2. The molecule has 1 saturated heterocycles. The Bertz CT molecular complexity index is 990. The number of hydrogen-bond acceptors (Lipinski definition) is 6. The summed E-state index contributed by atoms with van der Waals surface area (Å²) in [5.74, 6) is 0.666. The van der Waals surface area contributed by atoms with E-state index in [9.17, 15) is 9.59 Å². The number of hydrogen-bond donors (Lipinski definition) is 3. The van der Waals surface area contributed by atoms with E-state index < -0.39 is 0 Å². The van der Waals surface area contributed by atoms with Crippen molar-refractivity contribution >= 4 is 34.8 Å². The van der Waals surface area contributed by atoms with Crippen LogP contribution in [0.4, 0.5) is 11.4 Å². The van der Waals surface area contributed by atoms with E-state index >= 15 is 0 Å². The summed E-state index contributed by atoms with van der Waals surface area (Å²) in [6, 6.07) is 8.75. The molecule has 9 heteroatoms. The Balaban J connectivity index is 1.60. The summed E-state index contributed by atoms with van der Waals surface area (Å²) in [5, 5.41) is 6.39. The fourth-order valence-corrected chi connectivity index (χ4v) is 4.05. The lowest BCUT2D eigenvalue weighted by molar-refractivity contribution is -0.114. The largest absolute Gasteiger partial charge is 0.496 e. The molecule has 0 aromatic heterocycles. The minimum absolute atomic E-state index is 0.0426. The van der Waals surface area contributed by atoms with Gasteiger partial charge < -0.3 is 25.8 Å². The summed E-state index contributed by atoms with van der Waals surface area (Å²) >= 11 is 6.14. The molecule has 172 valence electrons. The third-order valence-corrected chi connectivity index (χ3v) is 5.72. The summed E-state index contributed by atoms with van der Waals surface area (Å²) in [6.45, 7) is 3.80. The summed E-state index contributed by atoms with van der Waals surface area (Å²) in [4.78, 5) is 26.5. The number of halogens is 1. The lowest BCUT2D eigenvalue weighted by atomic mass is 10.0. The standard InChI is InChI=1S/C23H29ClN4O4/c1-14(29)26-20-12-22(32-3)18(11-19(20)25)23(30)27-17-6-8-28(9-7-17)13-15-10-16(24)4-5-21(15)31-2/h4-5,10-12,17H,6-9,13,25H2,1-3H3,(H,26,29)(H,27,30). The molecule has 0 unspecified atom stereocenters. The smallest absolute Gasteiger partial charge is 0.255 e. The number of methoxy groups -OCH3 is 2. The second-order valence-electron chi connectivity index (χ2n) is 7.80. The first-order chi connectivity index (χ1) is 15.3. The number of amides is 2. The van der Waals surface area contributed by atoms with Crippen LogP contribution >= 0.6 is 11.6 Å². The number of piperidine rings is 1. The fourth-order valence-electron chi connectivity index (χ4n) is 3.85. The number of carbonyl (C=O) groups is 2. The Morgan fingerprint density at radius 2 is 1.81 bits per heavy atom. The SMILES string of the molecule is COc1ccc(Cl)cc1CN1CCC(NC(=O)c2cc(N)c(NC(C)=O)cc2OC)CC1. The van der Waals surface area contributed by atoms with E-state index in [1.54, 1.807) is 13.2 Å². The molecule has 32 heavy (non-hydrogen) atoms. The highest BCUT2D eigenvalue weighted by Crippen LogP contribution is 2.30. The number of rotatable bonds is 7. The van der Waals surface area contributed by atoms with Gasteiger partial charge in [0.2, 0.25) is 5.91 Å². The highest BCUT2D eigenvalue weighted by Gasteiger charge is 2.24. The van der Waals surface area contributed by atoms with E-state index in [1.165, 1.54) is 20.1 Å². The van der Waals surface area contributed by atoms with Gasteiger partial charge in [0.25, 0.3) is 5.91 Å². The van der Waals surface area contributed by atoms with Crippen molar-refractivity contribution in [1.82, 2.24) is 10.2 Å². The normalized spacial score (nSPS) is 14.6. The number of benzene rings is 2. The van der Waals surface area contributed by atoms with Crippen LogP contribution in [0.2, 0.25) is 5.02 Å². The van der Waals surface area contributed by atoms with Gasteiger partial charge in [0.1, 0.15) is 11.5 Å². The van der Waals surface area contributed by atoms with Crippen molar-refractivity contribution in [2.45, 2.75) is 32.4 Å². The molecule has 0 atom stereocenters. The van der Waals surface area contributed by atoms with Crippen LogP contribution in [0.5, 0.6) is 11.5 Å². The second-order valence-corrected chi connectivity index (χ2v) is 8.24. The van der Waals surface area contributed by atoms with Gasteiger partial charge >= 0.3 is 0 Å². The molecule has 1 aliphatic rings. The summed E-state index contributed by atoms with van der Waals surface area (Å²) in [7, 11) is 3.13. The fraction of sp³-hybridized carbons (Fsp3) is 0.391. The molecule has 1 aliphatic heterocycles. The van der Waals surface area contributed by atoms with Crippen LogP contribution in [0.15, 0.2) is 30.3 Å². The van der Waals surface area contributed by atoms with Crippen molar-refractivity contribution in [2.75, 3.05) is 38.4 Å². The maximum absolute atomic E-state index is 12.9. The van der Waals surface area contributed by atoms with E-state index in [4.69, 9.17) is 26.8 Å². The van der Waals surface area contributed by atoms with Crippen molar-refractivity contribution in [2.24, 2.45) is 0 Å². The molecule has 0 bridgehead atoms. The van der Waals surface area contributed by atoms with Gasteiger partial charge in [0.15, 0.2) is 0 Å². The first kappa shape index (κ1) is 23.7. The van der Waals surface area contributed by atoms with E-state index in [0.717, 1.165) is 43.8 Å². The van der Waals surface area contributed by atoms with E-state index in [-0.39, 0.29) is 17.9 Å². The maximum Gasteiger partial charge on any atom is 0.255 e. The number of ether oxygens (including phenoxy) is 2. The number of nitrogen functional groups attached to an aromatic ring is 1. The Morgan fingerprint density at radius 3 is 2.44 bits per heavy atom. The summed E-state index contributed by atoms with van der Waals surface area (Å²) in [6.07, 6.45) is 1.63. The Labute approximate surface area is 193 Å². The van der Waals surface area contributed by atoms with Crippen molar-refractivity contribution in [3.63, 3.8) is 0 Å². The maximum atomic E-state index is 12.9. The van der Waals surface area contributed by atoms with Crippen LogP contribution in [0.1, 0.15) is 35.7 Å². The highest BCUT2D eigenvalue weighted by molar-refractivity contribution is 6.30. The quantitative estimate of drug-likeness (QED) is 0.547. The van der Waals surface area contributed by atoms with Gasteiger partial charge in [0, 0.05) is 49.3 Å². The molecular weight excluding hydrogens is 432 g/mol. The predicted molar refractivity (Wildman–Crippen MR) is 125 cm³/mol. The van der Waals surface area contributed by atoms with Gasteiger partial charge in [-0.3, -0.25) is 14.5 Å². The number of likely N-dealkylation sites (tertiary alicyclic amines) is 1. The molecule has 2 amide bonds. The predicted octanol–water partition coefficient (Wildman–Crippen LogP) is 3.29. The zero-order valence-electron chi connectivity index (χ0n) is 18.5. The molecule has 2 aromatic carbocycles. The first-order valence-corrected chi connectivity index (χ1v) is 10.8. The van der Waals surface area contributed by atoms with Gasteiger partial charge in [-0.15, -0.1) is 0 Å². The molecule has 0 spiro atoms. The molecular formula is C23H29ClN4O4.